The van der Waals surface area contributed by atoms with Crippen LogP contribution in [0.2, 0.25) is 5.02 Å². The maximum atomic E-state index is 6.43. The Labute approximate surface area is 169 Å². The molecule has 0 N–H and O–H groups in total. The average Bonchev–Trinajstić information content (AvgIpc) is 3.25. The third-order valence-electron chi connectivity index (χ3n) is 5.61. The molecule has 2 aromatic heterocycles. The summed E-state index contributed by atoms with van der Waals surface area (Å²) in [5.74, 6) is 3.77. The summed E-state index contributed by atoms with van der Waals surface area (Å²) >= 11 is 6.43. The van der Waals surface area contributed by atoms with E-state index in [1.54, 1.807) is 0 Å². The minimum Gasteiger partial charge on any atom is -0.465 e. The fourth-order valence-electron chi connectivity index (χ4n) is 4.38. The van der Waals surface area contributed by atoms with Gasteiger partial charge < -0.3 is 8.83 Å². The first-order valence-corrected chi connectivity index (χ1v) is 9.91. The van der Waals surface area contributed by atoms with Gasteiger partial charge in [0.1, 0.15) is 23.0 Å². The number of aryl methyl sites for hydroxylation is 3. The van der Waals surface area contributed by atoms with E-state index in [9.17, 15) is 0 Å². The highest BCUT2D eigenvalue weighted by atomic mass is 35.5. The summed E-state index contributed by atoms with van der Waals surface area (Å²) < 4.78 is 12.3. The minimum absolute atomic E-state index is 0.00937. The number of furan rings is 2. The van der Waals surface area contributed by atoms with E-state index < -0.39 is 0 Å². The van der Waals surface area contributed by atoms with Crippen molar-refractivity contribution in [3.05, 3.63) is 117 Å². The Morgan fingerprint density at radius 1 is 0.679 bits per heavy atom. The van der Waals surface area contributed by atoms with Gasteiger partial charge in [-0.1, -0.05) is 47.5 Å². The largest absolute Gasteiger partial charge is 0.465 e. The molecule has 0 saturated carbocycles. The van der Waals surface area contributed by atoms with Crippen molar-refractivity contribution in [3.63, 3.8) is 0 Å². The Morgan fingerprint density at radius 2 is 1.46 bits per heavy atom. The van der Waals surface area contributed by atoms with Gasteiger partial charge in [-0.05, 0) is 67.8 Å². The van der Waals surface area contributed by atoms with E-state index in [1.807, 2.05) is 26.0 Å². The van der Waals surface area contributed by atoms with E-state index in [4.69, 9.17) is 20.4 Å². The summed E-state index contributed by atoms with van der Waals surface area (Å²) in [6.07, 6.45) is 0. The van der Waals surface area contributed by atoms with E-state index in [1.165, 1.54) is 27.8 Å². The predicted octanol–water partition coefficient (Wildman–Crippen LogP) is 7.13. The number of hydrogen-bond acceptors (Lipinski definition) is 2. The van der Waals surface area contributed by atoms with Crippen molar-refractivity contribution < 1.29 is 8.83 Å². The average molecular weight is 389 g/mol. The lowest BCUT2D eigenvalue weighted by molar-refractivity contribution is 0.448. The summed E-state index contributed by atoms with van der Waals surface area (Å²) in [7, 11) is 0. The highest BCUT2D eigenvalue weighted by Crippen LogP contribution is 2.50. The molecule has 0 spiro atoms. The van der Waals surface area contributed by atoms with Crippen molar-refractivity contribution in [3.8, 4) is 0 Å². The molecule has 28 heavy (non-hydrogen) atoms. The molecule has 0 bridgehead atoms. The van der Waals surface area contributed by atoms with Crippen LogP contribution in [0.4, 0.5) is 0 Å². The van der Waals surface area contributed by atoms with Crippen molar-refractivity contribution in [2.45, 2.75) is 32.6 Å². The minimum atomic E-state index is 0.00937. The van der Waals surface area contributed by atoms with Gasteiger partial charge in [0, 0.05) is 10.6 Å². The van der Waals surface area contributed by atoms with Gasteiger partial charge in [0.05, 0.1) is 11.8 Å². The topological polar surface area (TPSA) is 26.3 Å². The second-order valence-corrected chi connectivity index (χ2v) is 8.11. The molecule has 0 saturated heterocycles. The third kappa shape index (κ3) is 2.71. The van der Waals surface area contributed by atoms with Crippen molar-refractivity contribution in [1.29, 1.82) is 0 Å². The Balaban J connectivity index is 1.79. The van der Waals surface area contributed by atoms with Crippen molar-refractivity contribution in [1.82, 2.24) is 0 Å². The zero-order valence-corrected chi connectivity index (χ0v) is 16.9. The molecule has 4 aromatic rings. The van der Waals surface area contributed by atoms with Crippen LogP contribution in [0.1, 0.15) is 62.7 Å². The van der Waals surface area contributed by atoms with Gasteiger partial charge in [-0.2, -0.15) is 0 Å². The first kappa shape index (κ1) is 17.4. The number of fused-ring (bicyclic) bond motifs is 2. The molecule has 1 aliphatic rings. The van der Waals surface area contributed by atoms with E-state index in [2.05, 4.69) is 55.5 Å². The standard InChI is InChI=1S/C25H21ClO2/c1-14-4-7-17(8-5-14)23-20-13-18(26)9-10-19(20)24(22-11-6-15(2)27-22)21-12-16(3)28-25(21)23/h4-13,23-24H,1-3H3. The third-order valence-corrected chi connectivity index (χ3v) is 5.85. The molecule has 5 rings (SSSR count). The number of halogens is 1. The van der Waals surface area contributed by atoms with E-state index in [-0.39, 0.29) is 11.8 Å². The van der Waals surface area contributed by atoms with Gasteiger partial charge in [0.25, 0.3) is 0 Å². The molecular formula is C25H21ClO2. The SMILES string of the molecule is Cc1ccc(C2c3cc(Cl)ccc3C(c3ccc(C)o3)c3cc(C)oc32)cc1. The van der Waals surface area contributed by atoms with Gasteiger partial charge in [-0.25, -0.2) is 0 Å². The molecule has 0 amide bonds. The first-order chi connectivity index (χ1) is 13.5. The normalized spacial score (nSPS) is 18.0. The van der Waals surface area contributed by atoms with E-state index >= 15 is 0 Å². The van der Waals surface area contributed by atoms with Crippen LogP contribution in [0.5, 0.6) is 0 Å². The van der Waals surface area contributed by atoms with Crippen molar-refractivity contribution >= 4 is 11.6 Å². The molecule has 0 radical (unpaired) electrons. The molecule has 0 fully saturated rings. The maximum absolute atomic E-state index is 6.43. The molecule has 2 unspecified atom stereocenters. The van der Waals surface area contributed by atoms with E-state index in [0.29, 0.717) is 0 Å². The number of rotatable bonds is 2. The summed E-state index contributed by atoms with van der Waals surface area (Å²) in [6.45, 7) is 6.09. The molecule has 2 atom stereocenters. The molecule has 2 aromatic carbocycles. The fourth-order valence-corrected chi connectivity index (χ4v) is 4.56. The van der Waals surface area contributed by atoms with Crippen LogP contribution in [-0.4, -0.2) is 0 Å². The van der Waals surface area contributed by atoms with Gasteiger partial charge >= 0.3 is 0 Å². The van der Waals surface area contributed by atoms with Crippen LogP contribution in [0.25, 0.3) is 0 Å². The summed E-state index contributed by atoms with van der Waals surface area (Å²) in [4.78, 5) is 0. The quantitative estimate of drug-likeness (QED) is 0.321. The zero-order valence-electron chi connectivity index (χ0n) is 16.1. The monoisotopic (exact) mass is 388 g/mol. The summed E-state index contributed by atoms with van der Waals surface area (Å²) in [5, 5.41) is 0.733. The molecule has 3 heteroatoms. The van der Waals surface area contributed by atoms with Crippen LogP contribution < -0.4 is 0 Å². The zero-order chi connectivity index (χ0) is 19.4. The smallest absolute Gasteiger partial charge is 0.120 e. The van der Waals surface area contributed by atoms with E-state index in [0.717, 1.165) is 28.1 Å². The number of hydrogen-bond donors (Lipinski definition) is 0. The van der Waals surface area contributed by atoms with Crippen molar-refractivity contribution in [2.75, 3.05) is 0 Å². The molecule has 2 heterocycles. The van der Waals surface area contributed by atoms with Crippen LogP contribution in [0.15, 0.2) is 69.5 Å². The van der Waals surface area contributed by atoms with Crippen LogP contribution >= 0.6 is 11.6 Å². The Kier molecular flexibility index (Phi) is 3.99. The lowest BCUT2D eigenvalue weighted by atomic mass is 9.72. The maximum Gasteiger partial charge on any atom is 0.120 e. The summed E-state index contributed by atoms with van der Waals surface area (Å²) in [5.41, 5.74) is 6.02. The Bertz CT molecular complexity index is 1160. The molecule has 0 aliphatic heterocycles. The second kappa shape index (κ2) is 6.42. The lowest BCUT2D eigenvalue weighted by Crippen LogP contribution is -2.18. The highest BCUT2D eigenvalue weighted by Gasteiger charge is 2.38. The fraction of sp³-hybridized carbons (Fsp3) is 0.200. The molecular weight excluding hydrogens is 368 g/mol. The van der Waals surface area contributed by atoms with Gasteiger partial charge in [-0.15, -0.1) is 0 Å². The second-order valence-electron chi connectivity index (χ2n) is 7.68. The lowest BCUT2D eigenvalue weighted by Gasteiger charge is -2.30. The van der Waals surface area contributed by atoms with Crippen LogP contribution in [-0.2, 0) is 0 Å². The highest BCUT2D eigenvalue weighted by molar-refractivity contribution is 6.30. The molecule has 140 valence electrons. The first-order valence-electron chi connectivity index (χ1n) is 9.53. The van der Waals surface area contributed by atoms with Crippen molar-refractivity contribution in [2.24, 2.45) is 0 Å². The van der Waals surface area contributed by atoms with Crippen LogP contribution in [0, 0.1) is 20.8 Å². The van der Waals surface area contributed by atoms with Gasteiger partial charge in [-0.3, -0.25) is 0 Å². The molecule has 2 nitrogen and oxygen atoms in total. The van der Waals surface area contributed by atoms with Gasteiger partial charge in [0.15, 0.2) is 0 Å². The Hall–Kier alpha value is -2.71. The predicted molar refractivity (Wildman–Crippen MR) is 111 cm³/mol. The number of benzene rings is 2. The van der Waals surface area contributed by atoms with Gasteiger partial charge in [0.2, 0.25) is 0 Å². The molecule has 1 aliphatic carbocycles. The Morgan fingerprint density at radius 3 is 2.18 bits per heavy atom. The summed E-state index contributed by atoms with van der Waals surface area (Å²) in [6, 6.07) is 21.1. The van der Waals surface area contributed by atoms with Crippen LogP contribution in [0.3, 0.4) is 0 Å².